The molecule has 5 rings (SSSR count). The Balaban J connectivity index is 1.37. The van der Waals surface area contributed by atoms with Crippen LogP contribution < -0.4 is 5.32 Å². The molecule has 1 saturated carbocycles. The summed E-state index contributed by atoms with van der Waals surface area (Å²) in [6, 6.07) is 9.51. The summed E-state index contributed by atoms with van der Waals surface area (Å²) in [6.45, 7) is 5.88. The molecular weight excluding hydrogens is 417 g/mol. The predicted octanol–water partition coefficient (Wildman–Crippen LogP) is 4.42. The first-order valence-corrected chi connectivity index (χ1v) is 12.1. The van der Waals surface area contributed by atoms with Crippen LogP contribution >= 0.6 is 0 Å². The molecule has 2 fully saturated rings. The first-order chi connectivity index (χ1) is 16.0. The van der Waals surface area contributed by atoms with Gasteiger partial charge in [-0.3, -0.25) is 9.69 Å². The zero-order valence-electron chi connectivity index (χ0n) is 19.5. The minimum atomic E-state index is -0.202. The van der Waals surface area contributed by atoms with Gasteiger partial charge in [0.1, 0.15) is 5.82 Å². The maximum absolute atomic E-state index is 13.3. The smallest absolute Gasteiger partial charge is 0.220 e. The topological polar surface area (TPSA) is 62.5 Å². The number of halogens is 1. The van der Waals surface area contributed by atoms with Gasteiger partial charge in [-0.05, 0) is 75.8 Å². The van der Waals surface area contributed by atoms with Crippen LogP contribution in [0.4, 0.5) is 4.39 Å². The van der Waals surface area contributed by atoms with Crippen molar-refractivity contribution in [2.45, 2.75) is 77.4 Å². The monoisotopic (exact) mass is 449 g/mol. The number of hydrogen-bond donors (Lipinski definition) is 1. The van der Waals surface area contributed by atoms with E-state index in [0.29, 0.717) is 18.9 Å². The highest BCUT2D eigenvalue weighted by Crippen LogP contribution is 2.32. The molecule has 2 aromatic heterocycles. The number of likely N-dealkylation sites (tertiary alicyclic amines) is 1. The van der Waals surface area contributed by atoms with Crippen LogP contribution in [0.2, 0.25) is 0 Å². The van der Waals surface area contributed by atoms with Crippen LogP contribution in [0.1, 0.15) is 72.8 Å². The number of benzene rings is 1. The van der Waals surface area contributed by atoms with Crippen molar-refractivity contribution in [3.05, 3.63) is 64.4 Å². The Labute approximate surface area is 194 Å². The minimum Gasteiger partial charge on any atom is -0.353 e. The van der Waals surface area contributed by atoms with Gasteiger partial charge in [0, 0.05) is 36.5 Å². The van der Waals surface area contributed by atoms with E-state index in [9.17, 15) is 9.18 Å². The third kappa shape index (κ3) is 4.93. The van der Waals surface area contributed by atoms with E-state index in [4.69, 9.17) is 10.1 Å². The van der Waals surface area contributed by atoms with Gasteiger partial charge < -0.3 is 5.32 Å². The van der Waals surface area contributed by atoms with E-state index in [-0.39, 0.29) is 17.8 Å². The van der Waals surface area contributed by atoms with E-state index in [0.717, 1.165) is 72.6 Å². The number of hydrogen-bond acceptors (Lipinski definition) is 4. The minimum absolute atomic E-state index is 0.121. The van der Waals surface area contributed by atoms with Gasteiger partial charge in [0.2, 0.25) is 5.91 Å². The highest BCUT2D eigenvalue weighted by molar-refractivity contribution is 5.76. The molecule has 1 saturated heterocycles. The highest BCUT2D eigenvalue weighted by Gasteiger charge is 2.27. The third-order valence-electron chi connectivity index (χ3n) is 6.98. The number of carbonyl (C=O) groups excluding carboxylic acids is 1. The molecule has 0 bridgehead atoms. The summed E-state index contributed by atoms with van der Waals surface area (Å²) < 4.78 is 15.3. The first kappa shape index (κ1) is 22.0. The summed E-state index contributed by atoms with van der Waals surface area (Å²) in [4.78, 5) is 19.5. The summed E-state index contributed by atoms with van der Waals surface area (Å²) in [5.74, 6) is -0.0803. The molecule has 1 atom stereocenters. The number of aromatic nitrogens is 3. The van der Waals surface area contributed by atoms with Crippen molar-refractivity contribution in [2.75, 3.05) is 6.54 Å². The van der Waals surface area contributed by atoms with Crippen LogP contribution in [0.25, 0.3) is 5.65 Å². The van der Waals surface area contributed by atoms with Crippen LogP contribution in [-0.4, -0.2) is 38.0 Å². The average Bonchev–Trinajstić information content (AvgIpc) is 3.51. The van der Waals surface area contributed by atoms with E-state index in [1.165, 1.54) is 18.6 Å². The molecule has 174 valence electrons. The van der Waals surface area contributed by atoms with Crippen molar-refractivity contribution in [2.24, 2.45) is 0 Å². The molecular formula is C26H32FN5O. The van der Waals surface area contributed by atoms with Gasteiger partial charge in [-0.1, -0.05) is 18.6 Å². The van der Waals surface area contributed by atoms with Gasteiger partial charge in [-0.25, -0.2) is 13.9 Å². The summed E-state index contributed by atoms with van der Waals surface area (Å²) in [7, 11) is 0. The van der Waals surface area contributed by atoms with Crippen LogP contribution in [0.15, 0.2) is 30.3 Å². The number of nitrogens with one attached hydrogen (secondary N) is 1. The van der Waals surface area contributed by atoms with Crippen LogP contribution in [0.5, 0.6) is 0 Å². The Morgan fingerprint density at radius 2 is 1.94 bits per heavy atom. The quantitative estimate of drug-likeness (QED) is 0.580. The number of aryl methyl sites for hydroxylation is 2. The SMILES string of the molecule is Cc1nc2cc(C3CCCCN3Cc3ccc(F)cc3)nn2c(C)c1CCC(=O)NC1CC1. The molecule has 0 radical (unpaired) electrons. The Morgan fingerprint density at radius 1 is 1.15 bits per heavy atom. The van der Waals surface area contributed by atoms with Crippen molar-refractivity contribution in [3.8, 4) is 0 Å². The Kier molecular flexibility index (Phi) is 6.15. The fourth-order valence-corrected chi connectivity index (χ4v) is 4.97. The number of nitrogens with zero attached hydrogens (tertiary/aromatic N) is 4. The van der Waals surface area contributed by atoms with Crippen LogP contribution in [-0.2, 0) is 17.8 Å². The third-order valence-corrected chi connectivity index (χ3v) is 6.98. The molecule has 0 spiro atoms. The van der Waals surface area contributed by atoms with E-state index in [1.807, 2.05) is 23.6 Å². The van der Waals surface area contributed by atoms with E-state index in [2.05, 4.69) is 23.2 Å². The van der Waals surface area contributed by atoms with Crippen molar-refractivity contribution >= 4 is 11.6 Å². The Hall–Kier alpha value is -2.80. The number of fused-ring (bicyclic) bond motifs is 1. The van der Waals surface area contributed by atoms with Crippen LogP contribution in [0.3, 0.4) is 0 Å². The molecule has 1 aromatic carbocycles. The van der Waals surface area contributed by atoms with Gasteiger partial charge in [0.05, 0.1) is 11.7 Å². The summed E-state index contributed by atoms with van der Waals surface area (Å²) in [5, 5.41) is 8.05. The largest absolute Gasteiger partial charge is 0.353 e. The molecule has 1 aliphatic carbocycles. The summed E-state index contributed by atoms with van der Waals surface area (Å²) in [5.41, 5.74) is 6.15. The molecule has 6 nitrogen and oxygen atoms in total. The molecule has 33 heavy (non-hydrogen) atoms. The zero-order chi connectivity index (χ0) is 22.9. The molecule has 1 aliphatic heterocycles. The lowest BCUT2D eigenvalue weighted by Gasteiger charge is -2.34. The average molecular weight is 450 g/mol. The lowest BCUT2D eigenvalue weighted by atomic mass is 9.98. The molecule has 3 aromatic rings. The van der Waals surface area contributed by atoms with Gasteiger partial charge >= 0.3 is 0 Å². The van der Waals surface area contributed by atoms with Crippen molar-refractivity contribution in [1.29, 1.82) is 0 Å². The summed E-state index contributed by atoms with van der Waals surface area (Å²) in [6.07, 6.45) is 6.75. The van der Waals surface area contributed by atoms with Crippen molar-refractivity contribution in [1.82, 2.24) is 24.8 Å². The molecule has 1 N–H and O–H groups in total. The Morgan fingerprint density at radius 3 is 2.70 bits per heavy atom. The van der Waals surface area contributed by atoms with Crippen molar-refractivity contribution in [3.63, 3.8) is 0 Å². The zero-order valence-corrected chi connectivity index (χ0v) is 19.5. The normalized spacial score (nSPS) is 19.2. The standard InChI is InChI=1S/C26H32FN5O/c1-17-22(12-13-26(33)29-21-10-11-21)18(2)32-25(28-17)15-23(30-32)24-5-3-4-14-31(24)16-19-6-8-20(27)9-7-19/h6-9,15,21,24H,3-5,10-14,16H2,1-2H3,(H,29,33). The van der Waals surface area contributed by atoms with Crippen molar-refractivity contribution < 1.29 is 9.18 Å². The second-order valence-corrected chi connectivity index (χ2v) is 9.55. The van der Waals surface area contributed by atoms with Gasteiger partial charge in [0.15, 0.2) is 5.65 Å². The maximum atomic E-state index is 13.3. The lowest BCUT2D eigenvalue weighted by molar-refractivity contribution is -0.121. The first-order valence-electron chi connectivity index (χ1n) is 12.1. The Bertz CT molecular complexity index is 1150. The number of carbonyl (C=O) groups is 1. The van der Waals surface area contributed by atoms with E-state index in [1.54, 1.807) is 0 Å². The van der Waals surface area contributed by atoms with Gasteiger partial charge in [-0.2, -0.15) is 5.10 Å². The van der Waals surface area contributed by atoms with Gasteiger partial charge in [0.25, 0.3) is 0 Å². The lowest BCUT2D eigenvalue weighted by Crippen LogP contribution is -2.33. The molecule has 3 heterocycles. The second kappa shape index (κ2) is 9.21. The fourth-order valence-electron chi connectivity index (χ4n) is 4.97. The second-order valence-electron chi connectivity index (χ2n) is 9.55. The number of rotatable bonds is 7. The highest BCUT2D eigenvalue weighted by atomic mass is 19.1. The predicted molar refractivity (Wildman–Crippen MR) is 125 cm³/mol. The van der Waals surface area contributed by atoms with E-state index < -0.39 is 0 Å². The molecule has 1 amide bonds. The van der Waals surface area contributed by atoms with Crippen LogP contribution in [0, 0.1) is 19.7 Å². The van der Waals surface area contributed by atoms with E-state index >= 15 is 0 Å². The molecule has 7 heteroatoms. The molecule has 2 aliphatic rings. The number of piperidine rings is 1. The fraction of sp³-hybridized carbons (Fsp3) is 0.500. The molecule has 1 unspecified atom stereocenters. The summed E-state index contributed by atoms with van der Waals surface area (Å²) >= 11 is 0. The number of amides is 1. The van der Waals surface area contributed by atoms with Gasteiger partial charge in [-0.15, -0.1) is 0 Å². The maximum Gasteiger partial charge on any atom is 0.220 e.